The topological polar surface area (TPSA) is 52.7 Å². The van der Waals surface area contributed by atoms with Crippen LogP contribution in [0.2, 0.25) is 0 Å². The van der Waals surface area contributed by atoms with Gasteiger partial charge in [-0.1, -0.05) is 30.3 Å². The molecule has 0 spiro atoms. The van der Waals surface area contributed by atoms with Crippen molar-refractivity contribution in [2.75, 3.05) is 38.0 Å². The normalized spacial score (nSPS) is 18.7. The van der Waals surface area contributed by atoms with Crippen molar-refractivity contribution in [1.29, 1.82) is 0 Å². The summed E-state index contributed by atoms with van der Waals surface area (Å²) in [7, 11) is -3.40. The summed E-state index contributed by atoms with van der Waals surface area (Å²) in [4.78, 5) is 2.74. The van der Waals surface area contributed by atoms with Crippen LogP contribution < -0.4 is 5.32 Å². The summed E-state index contributed by atoms with van der Waals surface area (Å²) in [5.74, 6) is 0. The molecule has 0 aromatic heterocycles. The standard InChI is InChI=1S/C19H23N3O2S/c23-25(24,18-6-7-19-17(14-18)8-9-20-19)22-12-10-21(11-13-22)15-16-4-2-1-3-5-16/h1-7,14,20H,8-13,15H2. The van der Waals surface area contributed by atoms with Gasteiger partial charge < -0.3 is 5.32 Å². The number of rotatable bonds is 4. The van der Waals surface area contributed by atoms with Crippen LogP contribution in [0.25, 0.3) is 0 Å². The molecule has 2 aromatic rings. The molecule has 4 rings (SSSR count). The zero-order chi connectivity index (χ0) is 17.3. The van der Waals surface area contributed by atoms with Gasteiger partial charge in [0.2, 0.25) is 10.0 Å². The van der Waals surface area contributed by atoms with Gasteiger partial charge >= 0.3 is 0 Å². The fourth-order valence-corrected chi connectivity index (χ4v) is 5.03. The van der Waals surface area contributed by atoms with E-state index in [0.29, 0.717) is 18.0 Å². The molecule has 6 heteroatoms. The minimum absolute atomic E-state index is 0.423. The molecule has 0 amide bonds. The van der Waals surface area contributed by atoms with Crippen molar-refractivity contribution in [3.8, 4) is 0 Å². The fourth-order valence-electron chi connectivity index (χ4n) is 3.56. The Bertz CT molecular complexity index is 844. The van der Waals surface area contributed by atoms with Crippen molar-refractivity contribution >= 4 is 15.7 Å². The first-order valence-corrected chi connectivity index (χ1v) is 10.2. The van der Waals surface area contributed by atoms with Gasteiger partial charge in [-0.25, -0.2) is 8.42 Å². The summed E-state index contributed by atoms with van der Waals surface area (Å²) >= 11 is 0. The highest BCUT2D eigenvalue weighted by molar-refractivity contribution is 7.89. The van der Waals surface area contributed by atoms with E-state index in [2.05, 4.69) is 22.3 Å². The lowest BCUT2D eigenvalue weighted by Crippen LogP contribution is -2.48. The number of sulfonamides is 1. The molecule has 1 N–H and O–H groups in total. The van der Waals surface area contributed by atoms with Crippen LogP contribution in [0, 0.1) is 0 Å². The number of nitrogens with one attached hydrogen (secondary N) is 1. The first kappa shape index (κ1) is 16.6. The maximum atomic E-state index is 12.9. The maximum Gasteiger partial charge on any atom is 0.243 e. The van der Waals surface area contributed by atoms with Gasteiger partial charge in [-0.2, -0.15) is 4.31 Å². The van der Waals surface area contributed by atoms with Gasteiger partial charge in [0.1, 0.15) is 0 Å². The first-order chi connectivity index (χ1) is 12.1. The number of benzene rings is 2. The number of piperazine rings is 1. The third kappa shape index (κ3) is 3.42. The number of fused-ring (bicyclic) bond motifs is 1. The Morgan fingerprint density at radius 3 is 2.48 bits per heavy atom. The van der Waals surface area contributed by atoms with Crippen molar-refractivity contribution in [2.45, 2.75) is 17.9 Å². The average Bonchev–Trinajstić information content (AvgIpc) is 3.11. The minimum Gasteiger partial charge on any atom is -0.384 e. The van der Waals surface area contributed by atoms with Crippen molar-refractivity contribution < 1.29 is 8.42 Å². The van der Waals surface area contributed by atoms with Crippen LogP contribution in [-0.4, -0.2) is 50.3 Å². The summed E-state index contributed by atoms with van der Waals surface area (Å²) < 4.78 is 27.5. The Labute approximate surface area is 149 Å². The smallest absolute Gasteiger partial charge is 0.243 e. The summed E-state index contributed by atoms with van der Waals surface area (Å²) in [5, 5.41) is 3.27. The Kier molecular flexibility index (Phi) is 4.50. The Morgan fingerprint density at radius 2 is 1.72 bits per heavy atom. The number of anilines is 1. The van der Waals surface area contributed by atoms with Crippen molar-refractivity contribution in [3.05, 3.63) is 59.7 Å². The Morgan fingerprint density at radius 1 is 0.960 bits per heavy atom. The molecule has 25 heavy (non-hydrogen) atoms. The second-order valence-electron chi connectivity index (χ2n) is 6.66. The molecule has 0 saturated carbocycles. The predicted octanol–water partition coefficient (Wildman–Crippen LogP) is 2.16. The largest absolute Gasteiger partial charge is 0.384 e. The van der Waals surface area contributed by atoms with Crippen LogP contribution in [0.15, 0.2) is 53.4 Å². The summed E-state index contributed by atoms with van der Waals surface area (Å²) in [6.45, 7) is 4.38. The average molecular weight is 357 g/mol. The number of hydrogen-bond acceptors (Lipinski definition) is 4. The molecule has 0 atom stereocenters. The van der Waals surface area contributed by atoms with Gasteiger partial charge in [-0.05, 0) is 35.7 Å². The highest BCUT2D eigenvalue weighted by atomic mass is 32.2. The molecule has 0 bridgehead atoms. The molecule has 2 heterocycles. The summed E-state index contributed by atoms with van der Waals surface area (Å²) in [5.41, 5.74) is 3.43. The van der Waals surface area contributed by atoms with E-state index in [1.54, 1.807) is 10.4 Å². The van der Waals surface area contributed by atoms with Gasteiger partial charge in [0.25, 0.3) is 0 Å². The second kappa shape index (κ2) is 6.78. The van der Waals surface area contributed by atoms with E-state index in [1.807, 2.05) is 30.3 Å². The predicted molar refractivity (Wildman–Crippen MR) is 99.1 cm³/mol. The number of hydrogen-bond donors (Lipinski definition) is 1. The van der Waals surface area contributed by atoms with E-state index in [9.17, 15) is 8.42 Å². The van der Waals surface area contributed by atoms with Crippen LogP contribution in [0.3, 0.4) is 0 Å². The van der Waals surface area contributed by atoms with Crippen molar-refractivity contribution in [1.82, 2.24) is 9.21 Å². The third-order valence-electron chi connectivity index (χ3n) is 5.00. The molecule has 1 saturated heterocycles. The van der Waals surface area contributed by atoms with E-state index >= 15 is 0 Å². The van der Waals surface area contributed by atoms with Crippen LogP contribution in [-0.2, 0) is 23.0 Å². The van der Waals surface area contributed by atoms with Gasteiger partial charge in [-0.3, -0.25) is 4.90 Å². The molecular weight excluding hydrogens is 334 g/mol. The summed E-state index contributed by atoms with van der Waals surface area (Å²) in [6, 6.07) is 15.8. The quantitative estimate of drug-likeness (QED) is 0.911. The van der Waals surface area contributed by atoms with Crippen LogP contribution >= 0.6 is 0 Å². The second-order valence-corrected chi connectivity index (χ2v) is 8.60. The number of nitrogens with zero attached hydrogens (tertiary/aromatic N) is 2. The summed E-state index contributed by atoms with van der Waals surface area (Å²) in [6.07, 6.45) is 0.892. The molecule has 0 unspecified atom stereocenters. The van der Waals surface area contributed by atoms with Crippen molar-refractivity contribution in [2.24, 2.45) is 0 Å². The molecule has 2 aromatic carbocycles. The Balaban J connectivity index is 1.43. The van der Waals surface area contributed by atoms with Crippen LogP contribution in [0.4, 0.5) is 5.69 Å². The van der Waals surface area contributed by atoms with Gasteiger partial charge in [-0.15, -0.1) is 0 Å². The monoisotopic (exact) mass is 357 g/mol. The molecule has 1 fully saturated rings. The highest BCUT2D eigenvalue weighted by Gasteiger charge is 2.29. The lowest BCUT2D eigenvalue weighted by Gasteiger charge is -2.34. The Hall–Kier alpha value is -1.89. The van der Waals surface area contributed by atoms with E-state index in [1.165, 1.54) is 5.56 Å². The highest BCUT2D eigenvalue weighted by Crippen LogP contribution is 2.27. The third-order valence-corrected chi connectivity index (χ3v) is 6.90. The molecule has 5 nitrogen and oxygen atoms in total. The minimum atomic E-state index is -3.40. The lowest BCUT2D eigenvalue weighted by atomic mass is 10.2. The lowest BCUT2D eigenvalue weighted by molar-refractivity contribution is 0.181. The molecule has 2 aliphatic rings. The molecule has 132 valence electrons. The van der Waals surface area contributed by atoms with Crippen LogP contribution in [0.1, 0.15) is 11.1 Å². The van der Waals surface area contributed by atoms with E-state index in [-0.39, 0.29) is 0 Å². The zero-order valence-corrected chi connectivity index (χ0v) is 15.0. The molecule has 0 radical (unpaired) electrons. The van der Waals surface area contributed by atoms with E-state index in [0.717, 1.165) is 43.9 Å². The maximum absolute atomic E-state index is 12.9. The van der Waals surface area contributed by atoms with Crippen molar-refractivity contribution in [3.63, 3.8) is 0 Å². The SMILES string of the molecule is O=S(=O)(c1ccc2c(c1)CCN2)N1CCN(Cc2ccccc2)CC1. The first-order valence-electron chi connectivity index (χ1n) is 8.76. The van der Waals surface area contributed by atoms with Gasteiger partial charge in [0.05, 0.1) is 4.90 Å². The zero-order valence-electron chi connectivity index (χ0n) is 14.2. The fraction of sp³-hybridized carbons (Fsp3) is 0.368. The van der Waals surface area contributed by atoms with Gasteiger partial charge in [0, 0.05) is 45.0 Å². The van der Waals surface area contributed by atoms with Gasteiger partial charge in [0.15, 0.2) is 0 Å². The van der Waals surface area contributed by atoms with Crippen LogP contribution in [0.5, 0.6) is 0 Å². The van der Waals surface area contributed by atoms with E-state index in [4.69, 9.17) is 0 Å². The molecule has 2 aliphatic heterocycles. The molecule has 0 aliphatic carbocycles. The molecular formula is C19H23N3O2S. The van der Waals surface area contributed by atoms with E-state index < -0.39 is 10.0 Å².